The van der Waals surface area contributed by atoms with Gasteiger partial charge in [0.1, 0.15) is 11.6 Å². The number of nitriles is 1. The summed E-state index contributed by atoms with van der Waals surface area (Å²) in [7, 11) is 0. The summed E-state index contributed by atoms with van der Waals surface area (Å²) in [5, 5.41) is 25.4. The van der Waals surface area contributed by atoms with Gasteiger partial charge in [-0.2, -0.15) is 5.26 Å². The maximum Gasteiger partial charge on any atom is 0.289 e. The van der Waals surface area contributed by atoms with Crippen molar-refractivity contribution in [2.45, 2.75) is 32.7 Å². The fraction of sp³-hybridized carbons (Fsp3) is 0.429. The van der Waals surface area contributed by atoms with Crippen molar-refractivity contribution in [3.05, 3.63) is 33.9 Å². The molecule has 1 rings (SSSR count). The van der Waals surface area contributed by atoms with Crippen LogP contribution in [-0.4, -0.2) is 23.4 Å². The zero-order chi connectivity index (χ0) is 15.8. The van der Waals surface area contributed by atoms with Crippen LogP contribution in [0.4, 0.5) is 11.4 Å². The third-order valence-electron chi connectivity index (χ3n) is 3.02. The summed E-state index contributed by atoms with van der Waals surface area (Å²) in [4.78, 5) is 21.8. The van der Waals surface area contributed by atoms with E-state index < -0.39 is 4.92 Å². The molecule has 0 saturated heterocycles. The Morgan fingerprint density at radius 2 is 2.24 bits per heavy atom. The molecule has 1 atom stereocenters. The van der Waals surface area contributed by atoms with Crippen molar-refractivity contribution in [3.8, 4) is 6.07 Å². The number of nitro groups is 1. The van der Waals surface area contributed by atoms with Crippen LogP contribution < -0.4 is 10.6 Å². The lowest BCUT2D eigenvalue weighted by atomic mass is 10.2. The third kappa shape index (κ3) is 5.10. The molecule has 0 aliphatic rings. The molecule has 1 unspecified atom stereocenters. The van der Waals surface area contributed by atoms with E-state index in [0.717, 1.165) is 6.42 Å². The van der Waals surface area contributed by atoms with Crippen molar-refractivity contribution < 1.29 is 9.72 Å². The summed E-state index contributed by atoms with van der Waals surface area (Å²) in [5.41, 5.74) is 0.281. The van der Waals surface area contributed by atoms with Gasteiger partial charge in [-0.1, -0.05) is 6.92 Å². The molecule has 0 aliphatic heterocycles. The topological polar surface area (TPSA) is 108 Å². The molecule has 0 aliphatic carbocycles. The average Bonchev–Trinajstić information content (AvgIpc) is 2.46. The number of nitro benzene ring substituents is 1. The van der Waals surface area contributed by atoms with Crippen LogP contribution in [0.1, 0.15) is 32.3 Å². The monoisotopic (exact) mass is 290 g/mol. The van der Waals surface area contributed by atoms with E-state index in [9.17, 15) is 14.9 Å². The lowest BCUT2D eigenvalue weighted by molar-refractivity contribution is -0.385. The molecule has 0 heterocycles. The number of nitrogens with zero attached hydrogens (tertiary/aromatic N) is 2. The number of carbonyl (C=O) groups excluding carboxylic acids is 1. The lowest BCUT2D eigenvalue weighted by Crippen LogP contribution is -2.32. The largest absolute Gasteiger partial charge is 0.384 e. The number of carbonyl (C=O) groups is 1. The molecule has 0 radical (unpaired) electrons. The summed E-state index contributed by atoms with van der Waals surface area (Å²) in [6, 6.07) is 6.17. The molecule has 112 valence electrons. The number of hydrogen-bond donors (Lipinski definition) is 2. The van der Waals surface area contributed by atoms with Crippen molar-refractivity contribution in [3.63, 3.8) is 0 Å². The smallest absolute Gasteiger partial charge is 0.289 e. The van der Waals surface area contributed by atoms with Crippen LogP contribution in [0.5, 0.6) is 0 Å². The van der Waals surface area contributed by atoms with Gasteiger partial charge in [-0.25, -0.2) is 0 Å². The first-order valence-corrected chi connectivity index (χ1v) is 6.69. The van der Waals surface area contributed by atoms with Gasteiger partial charge in [0.15, 0.2) is 0 Å². The Labute approximate surface area is 123 Å². The second-order valence-corrected chi connectivity index (χ2v) is 4.65. The van der Waals surface area contributed by atoms with Gasteiger partial charge in [0.25, 0.3) is 5.69 Å². The Bertz CT molecular complexity index is 566. The van der Waals surface area contributed by atoms with Crippen molar-refractivity contribution in [1.29, 1.82) is 5.26 Å². The summed E-state index contributed by atoms with van der Waals surface area (Å²) in [6.07, 6.45) is 1.14. The van der Waals surface area contributed by atoms with Gasteiger partial charge in [-0.15, -0.1) is 0 Å². The van der Waals surface area contributed by atoms with E-state index in [1.165, 1.54) is 12.1 Å². The molecule has 21 heavy (non-hydrogen) atoms. The number of benzene rings is 1. The van der Waals surface area contributed by atoms with Gasteiger partial charge in [-0.3, -0.25) is 14.9 Å². The minimum atomic E-state index is -0.598. The van der Waals surface area contributed by atoms with E-state index in [1.807, 2.05) is 13.8 Å². The van der Waals surface area contributed by atoms with Crippen LogP contribution in [0, 0.1) is 21.4 Å². The first kappa shape index (κ1) is 16.4. The Morgan fingerprint density at radius 1 is 1.52 bits per heavy atom. The second-order valence-electron chi connectivity index (χ2n) is 4.65. The molecule has 1 amide bonds. The van der Waals surface area contributed by atoms with Gasteiger partial charge in [0.2, 0.25) is 5.91 Å². The molecule has 0 aromatic heterocycles. The fourth-order valence-corrected chi connectivity index (χ4v) is 1.66. The van der Waals surface area contributed by atoms with Crippen LogP contribution in [-0.2, 0) is 4.79 Å². The molecule has 0 spiro atoms. The first-order valence-electron chi connectivity index (χ1n) is 6.69. The van der Waals surface area contributed by atoms with E-state index in [4.69, 9.17) is 5.26 Å². The highest BCUT2D eigenvalue weighted by molar-refractivity contribution is 5.76. The molecular weight excluding hydrogens is 272 g/mol. The zero-order valence-corrected chi connectivity index (χ0v) is 12.0. The molecule has 7 nitrogen and oxygen atoms in total. The molecule has 0 saturated carbocycles. The van der Waals surface area contributed by atoms with Crippen LogP contribution in [0.15, 0.2) is 18.2 Å². The maximum atomic E-state index is 11.6. The molecule has 0 bridgehead atoms. The lowest BCUT2D eigenvalue weighted by Gasteiger charge is -2.12. The standard InChI is InChI=1S/C14H18N4O3/c1-3-10(2)17-14(19)6-7-16-12-5-4-11(9-15)13(8-12)18(20)21/h4-5,8,10,16H,3,6-7H2,1-2H3,(H,17,19). The molecule has 1 aromatic rings. The fourth-order valence-electron chi connectivity index (χ4n) is 1.66. The van der Waals surface area contributed by atoms with Crippen LogP contribution >= 0.6 is 0 Å². The predicted octanol–water partition coefficient (Wildman–Crippen LogP) is 2.18. The van der Waals surface area contributed by atoms with Crippen LogP contribution in [0.25, 0.3) is 0 Å². The molecule has 0 fully saturated rings. The number of nitrogens with one attached hydrogen (secondary N) is 2. The van der Waals surface area contributed by atoms with Crippen molar-refractivity contribution in [2.24, 2.45) is 0 Å². The predicted molar refractivity (Wildman–Crippen MR) is 78.8 cm³/mol. The minimum Gasteiger partial charge on any atom is -0.384 e. The van der Waals surface area contributed by atoms with Crippen LogP contribution in [0.3, 0.4) is 0 Å². The summed E-state index contributed by atoms with van der Waals surface area (Å²) in [6.45, 7) is 4.28. The summed E-state index contributed by atoms with van der Waals surface area (Å²) < 4.78 is 0. The number of anilines is 1. The van der Waals surface area contributed by atoms with Crippen molar-refractivity contribution >= 4 is 17.3 Å². The molecule has 1 aromatic carbocycles. The van der Waals surface area contributed by atoms with Gasteiger partial charge in [0.05, 0.1) is 4.92 Å². The normalized spacial score (nSPS) is 11.3. The zero-order valence-electron chi connectivity index (χ0n) is 12.0. The number of amides is 1. The minimum absolute atomic E-state index is 0.0139. The Morgan fingerprint density at radius 3 is 2.81 bits per heavy atom. The third-order valence-corrected chi connectivity index (χ3v) is 3.02. The van der Waals surface area contributed by atoms with Crippen molar-refractivity contribution in [2.75, 3.05) is 11.9 Å². The first-order chi connectivity index (χ1) is 9.97. The molecule has 7 heteroatoms. The highest BCUT2D eigenvalue weighted by atomic mass is 16.6. The van der Waals surface area contributed by atoms with E-state index >= 15 is 0 Å². The van der Waals surface area contributed by atoms with E-state index in [1.54, 1.807) is 12.1 Å². The number of rotatable bonds is 7. The quantitative estimate of drug-likeness (QED) is 0.591. The van der Waals surface area contributed by atoms with Crippen molar-refractivity contribution in [1.82, 2.24) is 5.32 Å². The summed E-state index contributed by atoms with van der Waals surface area (Å²) >= 11 is 0. The SMILES string of the molecule is CCC(C)NC(=O)CCNc1ccc(C#N)c([N+](=O)[O-])c1. The van der Waals surface area contributed by atoms with Gasteiger partial charge in [-0.05, 0) is 25.5 Å². The van der Waals surface area contributed by atoms with E-state index in [-0.39, 0.29) is 29.6 Å². The highest BCUT2D eigenvalue weighted by Gasteiger charge is 2.14. The Hall–Kier alpha value is -2.62. The van der Waals surface area contributed by atoms with Gasteiger partial charge in [0, 0.05) is 30.8 Å². The Kier molecular flexibility index (Phi) is 6.14. The average molecular weight is 290 g/mol. The molecule has 2 N–H and O–H groups in total. The maximum absolute atomic E-state index is 11.6. The van der Waals surface area contributed by atoms with E-state index in [2.05, 4.69) is 10.6 Å². The van der Waals surface area contributed by atoms with Gasteiger partial charge < -0.3 is 10.6 Å². The summed E-state index contributed by atoms with van der Waals surface area (Å²) in [5.74, 6) is -0.0694. The Balaban J connectivity index is 2.57. The highest BCUT2D eigenvalue weighted by Crippen LogP contribution is 2.22. The van der Waals surface area contributed by atoms with E-state index in [0.29, 0.717) is 12.2 Å². The van der Waals surface area contributed by atoms with Crippen LogP contribution in [0.2, 0.25) is 0 Å². The second kappa shape index (κ2) is 7.85. The molecular formula is C14H18N4O3. The van der Waals surface area contributed by atoms with Gasteiger partial charge >= 0.3 is 0 Å². The number of hydrogen-bond acceptors (Lipinski definition) is 5.